The van der Waals surface area contributed by atoms with Crippen LogP contribution in [0.2, 0.25) is 10.0 Å². The molecule has 0 atom stereocenters. The predicted molar refractivity (Wildman–Crippen MR) is 126 cm³/mol. The molecule has 0 bridgehead atoms. The first-order chi connectivity index (χ1) is 15.8. The van der Waals surface area contributed by atoms with Crippen LogP contribution in [-0.2, 0) is 11.3 Å². The van der Waals surface area contributed by atoms with Crippen LogP contribution in [0.5, 0.6) is 5.75 Å². The van der Waals surface area contributed by atoms with E-state index in [2.05, 4.69) is 0 Å². The highest BCUT2D eigenvalue weighted by molar-refractivity contribution is 8.18. The van der Waals surface area contributed by atoms with Crippen molar-refractivity contribution in [2.75, 3.05) is 0 Å². The summed E-state index contributed by atoms with van der Waals surface area (Å²) in [6, 6.07) is 16.3. The molecule has 166 valence electrons. The van der Waals surface area contributed by atoms with E-state index in [1.807, 2.05) is 0 Å². The molecule has 0 radical (unpaired) electrons. The zero-order chi connectivity index (χ0) is 23.5. The van der Waals surface area contributed by atoms with Gasteiger partial charge in [-0.05, 0) is 78.0 Å². The Hall–Kier alpha value is -3.13. The van der Waals surface area contributed by atoms with Gasteiger partial charge in [-0.1, -0.05) is 35.3 Å². The largest absolute Gasteiger partial charge is 0.422 e. The van der Waals surface area contributed by atoms with Crippen LogP contribution >= 0.6 is 35.0 Å². The topological polar surface area (TPSA) is 63.7 Å². The van der Waals surface area contributed by atoms with E-state index >= 15 is 0 Å². The lowest BCUT2D eigenvalue weighted by atomic mass is 10.1. The lowest BCUT2D eigenvalue weighted by Crippen LogP contribution is -2.27. The number of ether oxygens (including phenoxy) is 1. The summed E-state index contributed by atoms with van der Waals surface area (Å²) in [5.41, 5.74) is 1.26. The molecule has 33 heavy (non-hydrogen) atoms. The van der Waals surface area contributed by atoms with Crippen molar-refractivity contribution in [1.29, 1.82) is 0 Å². The number of hydrogen-bond acceptors (Lipinski definition) is 5. The minimum atomic E-state index is -0.618. The number of halogens is 3. The van der Waals surface area contributed by atoms with E-state index in [4.69, 9.17) is 27.9 Å². The van der Waals surface area contributed by atoms with Gasteiger partial charge < -0.3 is 4.74 Å². The van der Waals surface area contributed by atoms with E-state index in [1.165, 1.54) is 54.6 Å². The number of rotatable bonds is 5. The molecule has 3 aromatic carbocycles. The highest BCUT2D eigenvalue weighted by atomic mass is 35.5. The van der Waals surface area contributed by atoms with Crippen LogP contribution in [0, 0.1) is 5.82 Å². The Morgan fingerprint density at radius 1 is 0.970 bits per heavy atom. The molecule has 9 heteroatoms. The van der Waals surface area contributed by atoms with Crippen LogP contribution < -0.4 is 4.74 Å². The van der Waals surface area contributed by atoms with Gasteiger partial charge in [-0.3, -0.25) is 14.5 Å². The quantitative estimate of drug-likeness (QED) is 0.224. The van der Waals surface area contributed by atoms with Gasteiger partial charge in [-0.2, -0.15) is 0 Å². The van der Waals surface area contributed by atoms with E-state index < -0.39 is 22.9 Å². The maximum absolute atomic E-state index is 13.1. The molecule has 1 aliphatic heterocycles. The maximum atomic E-state index is 13.1. The molecule has 0 spiro atoms. The number of thioether (sulfide) groups is 1. The van der Waals surface area contributed by atoms with Crippen molar-refractivity contribution < 1.29 is 23.5 Å². The lowest BCUT2D eigenvalue weighted by molar-refractivity contribution is -0.123. The second-order valence-electron chi connectivity index (χ2n) is 6.97. The molecule has 1 heterocycles. The highest BCUT2D eigenvalue weighted by Crippen LogP contribution is 2.36. The molecule has 1 fully saturated rings. The number of amides is 2. The van der Waals surface area contributed by atoms with Crippen molar-refractivity contribution >= 4 is 58.2 Å². The third-order valence-corrected chi connectivity index (χ3v) is 6.06. The number of nitrogens with zero attached hydrogens (tertiary/aromatic N) is 1. The van der Waals surface area contributed by atoms with Crippen LogP contribution in [-0.4, -0.2) is 22.0 Å². The Morgan fingerprint density at radius 2 is 1.64 bits per heavy atom. The van der Waals surface area contributed by atoms with E-state index in [9.17, 15) is 18.8 Å². The molecule has 1 saturated heterocycles. The van der Waals surface area contributed by atoms with Crippen molar-refractivity contribution in [2.45, 2.75) is 6.54 Å². The monoisotopic (exact) mass is 501 g/mol. The molecule has 0 aliphatic carbocycles. The lowest BCUT2D eigenvalue weighted by Gasteiger charge is -2.12. The van der Waals surface area contributed by atoms with E-state index in [0.29, 0.717) is 26.7 Å². The van der Waals surface area contributed by atoms with Gasteiger partial charge in [-0.25, -0.2) is 9.18 Å². The third kappa shape index (κ3) is 5.45. The third-order valence-electron chi connectivity index (χ3n) is 4.67. The number of carbonyl (C=O) groups is 3. The Labute approximate surface area is 202 Å². The predicted octanol–water partition coefficient (Wildman–Crippen LogP) is 6.59. The Kier molecular flexibility index (Phi) is 6.83. The fourth-order valence-corrected chi connectivity index (χ4v) is 4.16. The number of carbonyl (C=O) groups excluding carboxylic acids is 3. The Morgan fingerprint density at radius 3 is 2.33 bits per heavy atom. The molecule has 3 aromatic rings. The maximum Gasteiger partial charge on any atom is 0.343 e. The smallest absolute Gasteiger partial charge is 0.343 e. The summed E-state index contributed by atoms with van der Waals surface area (Å²) < 4.78 is 18.6. The van der Waals surface area contributed by atoms with Crippen LogP contribution in [0.15, 0.2) is 71.6 Å². The summed E-state index contributed by atoms with van der Waals surface area (Å²) in [4.78, 5) is 39.0. The Balaban J connectivity index is 1.58. The molecule has 4 rings (SSSR count). The van der Waals surface area contributed by atoms with Crippen molar-refractivity contribution in [2.24, 2.45) is 0 Å². The van der Waals surface area contributed by atoms with Gasteiger partial charge in [0.05, 0.1) is 17.0 Å². The second-order valence-corrected chi connectivity index (χ2v) is 8.84. The highest BCUT2D eigenvalue weighted by Gasteiger charge is 2.35. The SMILES string of the molecule is O=C(Oc1ccc(Cl)cc1/C=C1\SC(=O)N(Cc2ccc(F)cc2)C1=O)c1ccc(Cl)cc1. The fraction of sp³-hybridized carbons (Fsp3) is 0.0417. The summed E-state index contributed by atoms with van der Waals surface area (Å²) in [5.74, 6) is -1.36. The number of benzene rings is 3. The summed E-state index contributed by atoms with van der Waals surface area (Å²) in [6.07, 6.45) is 1.45. The second kappa shape index (κ2) is 9.79. The van der Waals surface area contributed by atoms with Crippen LogP contribution in [0.1, 0.15) is 21.5 Å². The van der Waals surface area contributed by atoms with Gasteiger partial charge in [0.1, 0.15) is 11.6 Å². The molecular weight excluding hydrogens is 488 g/mol. The molecule has 0 N–H and O–H groups in total. The standard InChI is InChI=1S/C24H14Cl2FNO4S/c25-17-5-3-15(4-6-17)23(30)32-20-10-7-18(26)11-16(20)12-21-22(29)28(24(31)33-21)13-14-1-8-19(27)9-2-14/h1-12H,13H2/b21-12-. The van der Waals surface area contributed by atoms with Crippen molar-refractivity contribution in [3.63, 3.8) is 0 Å². The van der Waals surface area contributed by atoms with Gasteiger partial charge in [0.15, 0.2) is 0 Å². The molecule has 0 unspecified atom stereocenters. The number of hydrogen-bond donors (Lipinski definition) is 0. The average Bonchev–Trinajstić information content (AvgIpc) is 3.05. The number of imide groups is 1. The van der Waals surface area contributed by atoms with E-state index in [1.54, 1.807) is 18.2 Å². The zero-order valence-electron chi connectivity index (χ0n) is 16.8. The van der Waals surface area contributed by atoms with Gasteiger partial charge >= 0.3 is 5.97 Å². The van der Waals surface area contributed by atoms with Crippen LogP contribution in [0.25, 0.3) is 6.08 Å². The van der Waals surface area contributed by atoms with Crippen molar-refractivity contribution in [3.8, 4) is 5.75 Å². The summed E-state index contributed by atoms with van der Waals surface area (Å²) in [6.45, 7) is 0.0102. The zero-order valence-corrected chi connectivity index (χ0v) is 19.1. The molecule has 2 amide bonds. The van der Waals surface area contributed by atoms with Gasteiger partial charge in [0.2, 0.25) is 0 Å². The van der Waals surface area contributed by atoms with Crippen LogP contribution in [0.3, 0.4) is 0 Å². The average molecular weight is 502 g/mol. The van der Waals surface area contributed by atoms with Gasteiger partial charge in [0, 0.05) is 15.6 Å². The normalized spacial score (nSPS) is 14.8. The number of esters is 1. The van der Waals surface area contributed by atoms with Gasteiger partial charge in [-0.15, -0.1) is 0 Å². The molecule has 0 saturated carbocycles. The summed E-state index contributed by atoms with van der Waals surface area (Å²) >= 11 is 12.7. The first-order valence-corrected chi connectivity index (χ1v) is 11.1. The van der Waals surface area contributed by atoms with E-state index in [0.717, 1.165) is 16.7 Å². The first-order valence-electron chi connectivity index (χ1n) is 9.57. The van der Waals surface area contributed by atoms with Gasteiger partial charge in [0.25, 0.3) is 11.1 Å². The molecule has 1 aliphatic rings. The molecule has 0 aromatic heterocycles. The molecule has 5 nitrogen and oxygen atoms in total. The minimum absolute atomic E-state index is 0.0102. The van der Waals surface area contributed by atoms with Crippen molar-refractivity contribution in [3.05, 3.63) is 104 Å². The minimum Gasteiger partial charge on any atom is -0.422 e. The Bertz CT molecular complexity index is 1280. The van der Waals surface area contributed by atoms with E-state index in [-0.39, 0.29) is 17.2 Å². The van der Waals surface area contributed by atoms with Crippen molar-refractivity contribution in [1.82, 2.24) is 4.90 Å². The first kappa shape index (κ1) is 23.0. The fourth-order valence-electron chi connectivity index (χ4n) is 3.02. The molecular formula is C24H14Cl2FNO4S. The van der Waals surface area contributed by atoms with Crippen LogP contribution in [0.4, 0.5) is 9.18 Å². The summed E-state index contributed by atoms with van der Waals surface area (Å²) in [7, 11) is 0. The summed E-state index contributed by atoms with van der Waals surface area (Å²) in [5, 5.41) is 0.380.